The first kappa shape index (κ1) is 25.6. The van der Waals surface area contributed by atoms with Gasteiger partial charge in [0.15, 0.2) is 29.0 Å². The number of phenols is 4. The third-order valence-corrected chi connectivity index (χ3v) is 5.42. The van der Waals surface area contributed by atoms with Gasteiger partial charge >= 0.3 is 0 Å². The van der Waals surface area contributed by atoms with Crippen LogP contribution >= 0.6 is 0 Å². The Kier molecular flexibility index (Phi) is 8.74. The molecule has 2 atom stereocenters. The fourth-order valence-corrected chi connectivity index (χ4v) is 3.49. The highest BCUT2D eigenvalue weighted by atomic mass is 16.5. The highest BCUT2D eigenvalue weighted by molar-refractivity contribution is 6.01. The van der Waals surface area contributed by atoms with E-state index in [1.807, 2.05) is 0 Å². The molecule has 1 heterocycles. The van der Waals surface area contributed by atoms with Gasteiger partial charge in [-0.3, -0.25) is 9.59 Å². The van der Waals surface area contributed by atoms with Crippen molar-refractivity contribution in [3.05, 3.63) is 47.5 Å². The van der Waals surface area contributed by atoms with Crippen LogP contribution in [0.15, 0.2) is 41.4 Å². The molecule has 1 aliphatic heterocycles. The molecule has 0 radical (unpaired) electrons. The summed E-state index contributed by atoms with van der Waals surface area (Å²) >= 11 is 0. The molecular formula is C24H30N4O7. The number of benzene rings is 2. The number of aliphatic imine (C=N–C) groups is 1. The van der Waals surface area contributed by atoms with Gasteiger partial charge in [-0.2, -0.15) is 0 Å². The van der Waals surface area contributed by atoms with E-state index in [0.717, 1.165) is 0 Å². The maximum absolute atomic E-state index is 12.5. The predicted octanol–water partition coefficient (Wildman–Crippen LogP) is 0.959. The van der Waals surface area contributed by atoms with Crippen molar-refractivity contribution in [2.75, 3.05) is 26.2 Å². The van der Waals surface area contributed by atoms with Gasteiger partial charge in [0.25, 0.3) is 5.91 Å². The number of hydrogen-bond acceptors (Lipinski definition) is 9. The van der Waals surface area contributed by atoms with E-state index >= 15 is 0 Å². The van der Waals surface area contributed by atoms with Crippen molar-refractivity contribution in [2.45, 2.75) is 31.9 Å². The minimum atomic E-state index is -0.755. The second kappa shape index (κ2) is 11.9. The summed E-state index contributed by atoms with van der Waals surface area (Å²) in [5, 5.41) is 47.5. The van der Waals surface area contributed by atoms with Crippen molar-refractivity contribution in [3.8, 4) is 23.0 Å². The molecule has 0 aliphatic carbocycles. The van der Waals surface area contributed by atoms with Crippen LogP contribution in [-0.4, -0.2) is 76.5 Å². The summed E-state index contributed by atoms with van der Waals surface area (Å²) in [5.41, 5.74) is 0.247. The number of nitrogens with one attached hydrogen (secondary N) is 3. The number of amides is 2. The predicted molar refractivity (Wildman–Crippen MR) is 128 cm³/mol. The van der Waals surface area contributed by atoms with E-state index in [1.54, 1.807) is 19.1 Å². The van der Waals surface area contributed by atoms with Gasteiger partial charge in [0.2, 0.25) is 11.8 Å². The van der Waals surface area contributed by atoms with Gasteiger partial charge in [-0.15, -0.1) is 0 Å². The summed E-state index contributed by atoms with van der Waals surface area (Å²) in [4.78, 5) is 28.8. The SMILES string of the molecule is CC1OC(c2cccc(O)c2O)=N[C@@H]1C(=O)NCCCNCCCNC(=O)c1cccc(O)c1O. The Morgan fingerprint density at radius 2 is 1.51 bits per heavy atom. The molecule has 7 N–H and O–H groups in total. The standard InChI is InChI=1S/C24H30N4O7/c1-14-19(28-24(35-14)16-7-3-9-18(30)21(16)32)23(34)27-13-5-11-25-10-4-12-26-22(33)15-6-2-8-17(29)20(15)31/h2-3,6-9,14,19,25,29-32H,4-5,10-13H2,1H3,(H,26,33)(H,27,34)/t14?,19-/m0/s1. The van der Waals surface area contributed by atoms with Crippen LogP contribution < -0.4 is 16.0 Å². The van der Waals surface area contributed by atoms with Crippen molar-refractivity contribution in [2.24, 2.45) is 4.99 Å². The summed E-state index contributed by atoms with van der Waals surface area (Å²) in [5.74, 6) is -2.06. The lowest BCUT2D eigenvalue weighted by molar-refractivity contribution is -0.123. The number of carbonyl (C=O) groups excluding carboxylic acids is 2. The van der Waals surface area contributed by atoms with Gasteiger partial charge in [0.05, 0.1) is 11.1 Å². The van der Waals surface area contributed by atoms with Crippen molar-refractivity contribution >= 4 is 17.7 Å². The molecule has 2 amide bonds. The van der Waals surface area contributed by atoms with Crippen molar-refractivity contribution in [1.82, 2.24) is 16.0 Å². The minimum Gasteiger partial charge on any atom is -0.504 e. The fraction of sp³-hybridized carbons (Fsp3) is 0.375. The number of aromatic hydroxyl groups is 4. The van der Waals surface area contributed by atoms with Crippen LogP contribution in [0.25, 0.3) is 0 Å². The average molecular weight is 487 g/mol. The Labute approximate surface area is 202 Å². The topological polar surface area (TPSA) is 173 Å². The van der Waals surface area contributed by atoms with Crippen LogP contribution in [0.2, 0.25) is 0 Å². The summed E-state index contributed by atoms with van der Waals surface area (Å²) in [6, 6.07) is 7.90. The quantitative estimate of drug-likeness (QED) is 0.182. The Bertz CT molecular complexity index is 1090. The smallest absolute Gasteiger partial charge is 0.255 e. The average Bonchev–Trinajstić information content (AvgIpc) is 3.22. The fourth-order valence-electron chi connectivity index (χ4n) is 3.49. The zero-order valence-electron chi connectivity index (χ0n) is 19.3. The van der Waals surface area contributed by atoms with E-state index < -0.39 is 23.8 Å². The highest BCUT2D eigenvalue weighted by Gasteiger charge is 2.34. The molecule has 0 saturated heterocycles. The van der Waals surface area contributed by atoms with E-state index in [1.165, 1.54) is 24.3 Å². The number of ether oxygens (including phenoxy) is 1. The highest BCUT2D eigenvalue weighted by Crippen LogP contribution is 2.31. The summed E-state index contributed by atoms with van der Waals surface area (Å²) in [6.45, 7) is 3.85. The van der Waals surface area contributed by atoms with Crippen LogP contribution in [0, 0.1) is 0 Å². The second-order valence-electron chi connectivity index (χ2n) is 8.05. The Morgan fingerprint density at radius 3 is 2.23 bits per heavy atom. The van der Waals surface area contributed by atoms with E-state index in [9.17, 15) is 30.0 Å². The Hall–Kier alpha value is -3.99. The molecule has 0 fully saturated rings. The Morgan fingerprint density at radius 1 is 0.886 bits per heavy atom. The number of carbonyl (C=O) groups is 2. The second-order valence-corrected chi connectivity index (χ2v) is 8.05. The first-order chi connectivity index (χ1) is 16.8. The molecule has 1 aliphatic rings. The third-order valence-electron chi connectivity index (χ3n) is 5.42. The van der Waals surface area contributed by atoms with Gasteiger partial charge in [-0.05, 0) is 57.1 Å². The molecule has 0 aromatic heterocycles. The number of para-hydroxylation sites is 2. The first-order valence-electron chi connectivity index (χ1n) is 11.3. The number of nitrogens with zero attached hydrogens (tertiary/aromatic N) is 1. The molecule has 3 rings (SSSR count). The van der Waals surface area contributed by atoms with Crippen LogP contribution in [0.3, 0.4) is 0 Å². The molecule has 11 nitrogen and oxygen atoms in total. The van der Waals surface area contributed by atoms with Gasteiger partial charge < -0.3 is 41.1 Å². The molecular weight excluding hydrogens is 456 g/mol. The van der Waals surface area contributed by atoms with Gasteiger partial charge in [-0.25, -0.2) is 4.99 Å². The summed E-state index contributed by atoms with van der Waals surface area (Å²) in [6.07, 6.45) is 0.830. The normalized spacial score (nSPS) is 16.9. The van der Waals surface area contributed by atoms with Crippen LogP contribution in [0.1, 0.15) is 35.7 Å². The van der Waals surface area contributed by atoms with E-state index in [0.29, 0.717) is 39.0 Å². The lowest BCUT2D eigenvalue weighted by Crippen LogP contribution is -2.39. The lowest BCUT2D eigenvalue weighted by Gasteiger charge is -2.13. The van der Waals surface area contributed by atoms with Crippen LogP contribution in [0.5, 0.6) is 23.0 Å². The van der Waals surface area contributed by atoms with Gasteiger partial charge in [0.1, 0.15) is 6.10 Å². The van der Waals surface area contributed by atoms with Crippen LogP contribution in [0.4, 0.5) is 0 Å². The summed E-state index contributed by atoms with van der Waals surface area (Å²) in [7, 11) is 0. The molecule has 11 heteroatoms. The third kappa shape index (κ3) is 6.54. The molecule has 188 valence electrons. The monoisotopic (exact) mass is 486 g/mol. The number of phenolic OH excluding ortho intramolecular Hbond substituents is 4. The van der Waals surface area contributed by atoms with E-state index in [2.05, 4.69) is 20.9 Å². The Balaban J connectivity index is 1.30. The number of hydrogen-bond donors (Lipinski definition) is 7. The van der Waals surface area contributed by atoms with E-state index in [4.69, 9.17) is 4.74 Å². The summed E-state index contributed by atoms with van der Waals surface area (Å²) < 4.78 is 5.61. The molecule has 0 spiro atoms. The van der Waals surface area contributed by atoms with Gasteiger partial charge in [0, 0.05) is 13.1 Å². The molecule has 0 saturated carbocycles. The van der Waals surface area contributed by atoms with Crippen molar-refractivity contribution < 1.29 is 34.8 Å². The molecule has 35 heavy (non-hydrogen) atoms. The van der Waals surface area contributed by atoms with E-state index in [-0.39, 0.29) is 40.2 Å². The number of rotatable bonds is 11. The van der Waals surface area contributed by atoms with Crippen molar-refractivity contribution in [1.29, 1.82) is 0 Å². The van der Waals surface area contributed by atoms with Crippen LogP contribution in [-0.2, 0) is 9.53 Å². The molecule has 2 aromatic rings. The largest absolute Gasteiger partial charge is 0.504 e. The molecule has 2 aromatic carbocycles. The lowest BCUT2D eigenvalue weighted by atomic mass is 10.1. The maximum Gasteiger partial charge on any atom is 0.255 e. The zero-order chi connectivity index (χ0) is 25.4. The maximum atomic E-state index is 12.5. The first-order valence-corrected chi connectivity index (χ1v) is 11.3. The van der Waals surface area contributed by atoms with Crippen molar-refractivity contribution in [3.63, 3.8) is 0 Å². The molecule has 1 unspecified atom stereocenters. The molecule has 0 bridgehead atoms. The zero-order valence-corrected chi connectivity index (χ0v) is 19.3. The van der Waals surface area contributed by atoms with Gasteiger partial charge in [-0.1, -0.05) is 12.1 Å². The minimum absolute atomic E-state index is 0.0193.